The Kier molecular flexibility index (Phi) is 2.00. The number of oxazole rings is 1. The van der Waals surface area contributed by atoms with Crippen LogP contribution in [0.5, 0.6) is 0 Å². The molecule has 68 valence electrons. The molecule has 0 aliphatic carbocycles. The van der Waals surface area contributed by atoms with Gasteiger partial charge in [-0.05, 0) is 0 Å². The van der Waals surface area contributed by atoms with Gasteiger partial charge in [-0.15, -0.1) is 4.73 Å². The Labute approximate surface area is 70.7 Å². The van der Waals surface area contributed by atoms with Crippen molar-refractivity contribution < 1.29 is 9.25 Å². The summed E-state index contributed by atoms with van der Waals surface area (Å²) < 4.78 is 5.85. The van der Waals surface area contributed by atoms with E-state index in [0.717, 1.165) is 10.4 Å². The quantitative estimate of drug-likeness (QED) is 0.627. The molecule has 0 spiro atoms. The second kappa shape index (κ2) is 2.69. The van der Waals surface area contributed by atoms with Crippen LogP contribution in [0.4, 0.5) is 0 Å². The van der Waals surface area contributed by atoms with E-state index < -0.39 is 5.76 Å². The molecule has 0 N–H and O–H groups in total. The summed E-state index contributed by atoms with van der Waals surface area (Å²) in [5.74, 6) is -0.484. The molecule has 0 saturated heterocycles. The third kappa shape index (κ3) is 1.37. The molecular weight excluding hydrogens is 158 g/mol. The Bertz CT molecular complexity index is 316. The smallest absolute Gasteiger partial charge is 0.414 e. The summed E-state index contributed by atoms with van der Waals surface area (Å²) >= 11 is 0. The van der Waals surface area contributed by atoms with Gasteiger partial charge in [0.1, 0.15) is 19.1 Å². The summed E-state index contributed by atoms with van der Waals surface area (Å²) in [5.41, 5.74) is 0.581. The molecule has 1 aromatic heterocycles. The van der Waals surface area contributed by atoms with Crippen LogP contribution in [0.3, 0.4) is 0 Å². The molecular formula is C8H13NO3. The average Bonchev–Trinajstić information content (AvgIpc) is 2.29. The van der Waals surface area contributed by atoms with Crippen molar-refractivity contribution in [1.82, 2.24) is 4.73 Å². The Hall–Kier alpha value is -1.19. The van der Waals surface area contributed by atoms with Crippen LogP contribution in [-0.4, -0.2) is 11.8 Å². The highest BCUT2D eigenvalue weighted by Gasteiger charge is 2.22. The lowest BCUT2D eigenvalue weighted by atomic mass is 9.93. The van der Waals surface area contributed by atoms with E-state index in [2.05, 4.69) is 0 Å². The Balaban J connectivity index is 3.26. The minimum absolute atomic E-state index is 0.151. The van der Waals surface area contributed by atoms with Gasteiger partial charge in [0.05, 0.1) is 0 Å². The fourth-order valence-electron chi connectivity index (χ4n) is 0.955. The molecule has 0 bridgehead atoms. The first kappa shape index (κ1) is 8.90. The Morgan fingerprint density at radius 1 is 1.50 bits per heavy atom. The number of aromatic nitrogens is 1. The predicted molar refractivity (Wildman–Crippen MR) is 44.2 cm³/mol. The van der Waals surface area contributed by atoms with Gasteiger partial charge in [-0.2, -0.15) is 0 Å². The van der Waals surface area contributed by atoms with Crippen LogP contribution in [-0.2, 0) is 5.41 Å². The van der Waals surface area contributed by atoms with Crippen molar-refractivity contribution in [1.29, 1.82) is 0 Å². The van der Waals surface area contributed by atoms with Crippen LogP contribution >= 0.6 is 0 Å². The lowest BCUT2D eigenvalue weighted by Gasteiger charge is -2.17. The van der Waals surface area contributed by atoms with Crippen molar-refractivity contribution in [3.63, 3.8) is 0 Å². The SMILES string of the molecule is COn1c(C(C)(C)C)coc1=O. The summed E-state index contributed by atoms with van der Waals surface area (Å²) in [7, 11) is 1.44. The van der Waals surface area contributed by atoms with E-state index in [1.54, 1.807) is 0 Å². The van der Waals surface area contributed by atoms with E-state index in [1.165, 1.54) is 13.4 Å². The normalized spacial score (nSPS) is 11.7. The van der Waals surface area contributed by atoms with E-state index in [4.69, 9.17) is 9.25 Å². The minimum Gasteiger partial charge on any atom is -0.414 e. The maximum atomic E-state index is 11.0. The highest BCUT2D eigenvalue weighted by Crippen LogP contribution is 2.19. The third-order valence-electron chi connectivity index (χ3n) is 1.61. The molecule has 1 heterocycles. The molecule has 4 heteroatoms. The van der Waals surface area contributed by atoms with Crippen LogP contribution in [0.2, 0.25) is 0 Å². The molecule has 0 aliphatic rings. The third-order valence-corrected chi connectivity index (χ3v) is 1.61. The lowest BCUT2D eigenvalue weighted by molar-refractivity contribution is 0.132. The van der Waals surface area contributed by atoms with Crippen LogP contribution in [0, 0.1) is 0 Å². The van der Waals surface area contributed by atoms with E-state index in [1.807, 2.05) is 20.8 Å². The van der Waals surface area contributed by atoms with Gasteiger partial charge >= 0.3 is 5.76 Å². The van der Waals surface area contributed by atoms with E-state index in [-0.39, 0.29) is 5.41 Å². The van der Waals surface area contributed by atoms with Crippen LogP contribution in [0.15, 0.2) is 15.5 Å². The zero-order valence-electron chi connectivity index (χ0n) is 7.75. The fourth-order valence-corrected chi connectivity index (χ4v) is 0.955. The molecule has 12 heavy (non-hydrogen) atoms. The van der Waals surface area contributed by atoms with E-state index in [0.29, 0.717) is 0 Å². The zero-order valence-corrected chi connectivity index (χ0v) is 7.75. The van der Waals surface area contributed by atoms with Gasteiger partial charge < -0.3 is 9.25 Å². The van der Waals surface area contributed by atoms with Crippen LogP contribution in [0.25, 0.3) is 0 Å². The maximum Gasteiger partial charge on any atom is 0.452 e. The molecule has 0 fully saturated rings. The van der Waals surface area contributed by atoms with Crippen LogP contribution in [0.1, 0.15) is 26.5 Å². The van der Waals surface area contributed by atoms with Crippen molar-refractivity contribution in [2.45, 2.75) is 26.2 Å². The number of rotatable bonds is 1. The van der Waals surface area contributed by atoms with Gasteiger partial charge in [-0.25, -0.2) is 4.79 Å². The maximum absolute atomic E-state index is 11.0. The van der Waals surface area contributed by atoms with E-state index in [9.17, 15) is 4.79 Å². The average molecular weight is 171 g/mol. The lowest BCUT2D eigenvalue weighted by Crippen LogP contribution is -2.27. The van der Waals surface area contributed by atoms with Gasteiger partial charge in [0.25, 0.3) is 0 Å². The first-order chi connectivity index (χ1) is 5.46. The first-order valence-electron chi connectivity index (χ1n) is 3.72. The van der Waals surface area contributed by atoms with Crippen molar-refractivity contribution in [2.75, 3.05) is 7.11 Å². The molecule has 0 aliphatic heterocycles. The monoisotopic (exact) mass is 171 g/mol. The molecule has 1 aromatic rings. The molecule has 0 aromatic carbocycles. The molecule has 0 atom stereocenters. The molecule has 0 radical (unpaired) electrons. The van der Waals surface area contributed by atoms with Gasteiger partial charge in [-0.1, -0.05) is 20.8 Å². The molecule has 0 amide bonds. The number of hydrogen-bond acceptors (Lipinski definition) is 3. The minimum atomic E-state index is -0.484. The van der Waals surface area contributed by atoms with Crippen LogP contribution < -0.4 is 10.6 Å². The standard InChI is InChI=1S/C8H13NO3/c1-8(2,3)6-5-12-7(10)9(6)11-4/h5H,1-4H3. The number of hydrogen-bond donors (Lipinski definition) is 0. The summed E-state index contributed by atoms with van der Waals surface area (Å²) in [5, 5.41) is 0. The van der Waals surface area contributed by atoms with Crippen molar-refractivity contribution in [2.24, 2.45) is 0 Å². The highest BCUT2D eigenvalue weighted by molar-refractivity contribution is 5.07. The molecule has 0 saturated carbocycles. The van der Waals surface area contributed by atoms with Crippen molar-refractivity contribution >= 4 is 0 Å². The second-order valence-electron chi connectivity index (χ2n) is 3.61. The predicted octanol–water partition coefficient (Wildman–Crippen LogP) is 0.797. The Morgan fingerprint density at radius 2 is 2.08 bits per heavy atom. The fraction of sp³-hybridized carbons (Fsp3) is 0.625. The van der Waals surface area contributed by atoms with Gasteiger partial charge in [0.2, 0.25) is 0 Å². The second-order valence-corrected chi connectivity index (χ2v) is 3.61. The van der Waals surface area contributed by atoms with Gasteiger partial charge in [-0.3, -0.25) is 0 Å². The zero-order chi connectivity index (χ0) is 9.35. The molecule has 4 nitrogen and oxygen atoms in total. The van der Waals surface area contributed by atoms with Crippen molar-refractivity contribution in [3.8, 4) is 0 Å². The van der Waals surface area contributed by atoms with Crippen molar-refractivity contribution in [3.05, 3.63) is 22.5 Å². The summed E-state index contributed by atoms with van der Waals surface area (Å²) in [6.07, 6.45) is 1.42. The Morgan fingerprint density at radius 3 is 2.42 bits per heavy atom. The van der Waals surface area contributed by atoms with Gasteiger partial charge in [0.15, 0.2) is 0 Å². The highest BCUT2D eigenvalue weighted by atomic mass is 16.7. The van der Waals surface area contributed by atoms with Gasteiger partial charge in [0, 0.05) is 5.41 Å². The largest absolute Gasteiger partial charge is 0.452 e. The first-order valence-corrected chi connectivity index (χ1v) is 3.72. The summed E-state index contributed by atoms with van der Waals surface area (Å²) in [6, 6.07) is 0. The summed E-state index contributed by atoms with van der Waals surface area (Å²) in [4.78, 5) is 15.8. The topological polar surface area (TPSA) is 44.4 Å². The van der Waals surface area contributed by atoms with E-state index >= 15 is 0 Å². The molecule has 1 rings (SSSR count). The summed E-state index contributed by atoms with van der Waals surface area (Å²) in [6.45, 7) is 5.94. The number of nitrogens with zero attached hydrogens (tertiary/aromatic N) is 1. The molecule has 0 unspecified atom stereocenters.